The maximum absolute atomic E-state index is 12.5. The Kier molecular flexibility index (Phi) is 6.87. The molecule has 1 aromatic rings. The lowest BCUT2D eigenvalue weighted by molar-refractivity contribution is 0.258. The summed E-state index contributed by atoms with van der Waals surface area (Å²) in [6.07, 6.45) is 5.80. The summed E-state index contributed by atoms with van der Waals surface area (Å²) in [5.41, 5.74) is 5.56. The van der Waals surface area contributed by atoms with Gasteiger partial charge in [-0.15, -0.1) is 12.4 Å². The fraction of sp³-hybridized carbons (Fsp3) is 0.583. The van der Waals surface area contributed by atoms with Crippen LogP contribution in [0.1, 0.15) is 19.3 Å². The molecule has 20 heavy (non-hydrogen) atoms. The molecule has 0 amide bonds. The van der Waals surface area contributed by atoms with Crippen LogP contribution in [0.5, 0.6) is 0 Å². The minimum Gasteiger partial charge on any atom is -0.330 e. The highest BCUT2D eigenvalue weighted by molar-refractivity contribution is 9.10. The molecule has 1 aliphatic heterocycles. The number of hydrogen-bond acceptors (Lipinski definition) is 4. The molecule has 1 saturated heterocycles. The molecule has 0 radical (unpaired) electrons. The van der Waals surface area contributed by atoms with Crippen molar-refractivity contribution in [3.05, 3.63) is 22.9 Å². The van der Waals surface area contributed by atoms with Crippen molar-refractivity contribution in [3.63, 3.8) is 0 Å². The first kappa shape index (κ1) is 17.8. The molecule has 1 fully saturated rings. The van der Waals surface area contributed by atoms with Gasteiger partial charge in [-0.25, -0.2) is 8.42 Å². The summed E-state index contributed by atoms with van der Waals surface area (Å²) in [7, 11) is -3.44. The van der Waals surface area contributed by atoms with Gasteiger partial charge in [0.05, 0.1) is 0 Å². The van der Waals surface area contributed by atoms with Gasteiger partial charge in [-0.3, -0.25) is 4.98 Å². The van der Waals surface area contributed by atoms with Crippen molar-refractivity contribution in [2.75, 3.05) is 19.6 Å². The Morgan fingerprint density at radius 3 is 2.85 bits per heavy atom. The van der Waals surface area contributed by atoms with Gasteiger partial charge in [0.2, 0.25) is 10.0 Å². The SMILES string of the molecule is Cl.NCCC1CCCN(S(=O)(=O)c2cncc(Br)c2)C1. The van der Waals surface area contributed by atoms with Crippen LogP contribution in [0.2, 0.25) is 0 Å². The largest absolute Gasteiger partial charge is 0.330 e. The van der Waals surface area contributed by atoms with E-state index in [2.05, 4.69) is 20.9 Å². The third kappa shape index (κ3) is 4.14. The quantitative estimate of drug-likeness (QED) is 0.861. The third-order valence-electron chi connectivity index (χ3n) is 3.37. The van der Waals surface area contributed by atoms with Gasteiger partial charge in [0, 0.05) is 30.0 Å². The molecule has 0 aliphatic carbocycles. The van der Waals surface area contributed by atoms with Gasteiger partial charge in [-0.05, 0) is 53.7 Å². The molecule has 0 bridgehead atoms. The Morgan fingerprint density at radius 1 is 1.45 bits per heavy atom. The number of sulfonamides is 1. The second-order valence-corrected chi connectivity index (χ2v) is 7.64. The zero-order chi connectivity index (χ0) is 13.9. The Hall–Kier alpha value is -0.210. The Labute approximate surface area is 134 Å². The molecule has 2 N–H and O–H groups in total. The van der Waals surface area contributed by atoms with Gasteiger partial charge in [-0.2, -0.15) is 4.31 Å². The van der Waals surface area contributed by atoms with Crippen molar-refractivity contribution < 1.29 is 8.42 Å². The zero-order valence-electron chi connectivity index (χ0n) is 11.0. The number of rotatable bonds is 4. The Morgan fingerprint density at radius 2 is 2.20 bits per heavy atom. The van der Waals surface area contributed by atoms with Gasteiger partial charge in [-0.1, -0.05) is 0 Å². The lowest BCUT2D eigenvalue weighted by atomic mass is 9.96. The minimum absolute atomic E-state index is 0. The van der Waals surface area contributed by atoms with E-state index in [1.165, 1.54) is 6.20 Å². The maximum Gasteiger partial charge on any atom is 0.244 e. The van der Waals surface area contributed by atoms with E-state index in [4.69, 9.17) is 5.73 Å². The standard InChI is InChI=1S/C12H18BrN3O2S.ClH/c13-11-6-12(8-15-7-11)19(17,18)16-5-1-2-10(9-16)3-4-14;/h6-8,10H,1-5,9,14H2;1H. The van der Waals surface area contributed by atoms with Crippen LogP contribution in [-0.2, 0) is 10.0 Å². The molecule has 1 aromatic heterocycles. The van der Waals surface area contributed by atoms with Crippen LogP contribution in [-0.4, -0.2) is 37.3 Å². The summed E-state index contributed by atoms with van der Waals surface area (Å²) in [4.78, 5) is 4.17. The van der Waals surface area contributed by atoms with Gasteiger partial charge < -0.3 is 5.73 Å². The fourth-order valence-electron chi connectivity index (χ4n) is 2.40. The molecule has 0 saturated carbocycles. The van der Waals surface area contributed by atoms with E-state index in [0.717, 1.165) is 19.3 Å². The topological polar surface area (TPSA) is 76.3 Å². The lowest BCUT2D eigenvalue weighted by Gasteiger charge is -2.31. The Bertz CT molecular complexity index is 539. The number of aromatic nitrogens is 1. The highest BCUT2D eigenvalue weighted by atomic mass is 79.9. The summed E-state index contributed by atoms with van der Waals surface area (Å²) in [5.74, 6) is 0.369. The number of halogens is 2. The third-order valence-corrected chi connectivity index (χ3v) is 5.64. The molecule has 1 unspecified atom stereocenters. The van der Waals surface area contributed by atoms with Gasteiger partial charge in [0.1, 0.15) is 4.90 Å². The summed E-state index contributed by atoms with van der Waals surface area (Å²) in [6.45, 7) is 1.75. The highest BCUT2D eigenvalue weighted by Crippen LogP contribution is 2.25. The number of nitrogens with two attached hydrogens (primary N) is 1. The molecule has 1 atom stereocenters. The fourth-order valence-corrected chi connectivity index (χ4v) is 4.46. The molecule has 5 nitrogen and oxygen atoms in total. The van der Waals surface area contributed by atoms with Crippen molar-refractivity contribution in [1.82, 2.24) is 9.29 Å². The summed E-state index contributed by atoms with van der Waals surface area (Å²) < 4.78 is 27.3. The van der Waals surface area contributed by atoms with E-state index >= 15 is 0 Å². The average Bonchev–Trinajstić information content (AvgIpc) is 2.39. The van der Waals surface area contributed by atoms with Crippen LogP contribution >= 0.6 is 28.3 Å². The predicted molar refractivity (Wildman–Crippen MR) is 84.3 cm³/mol. The molecule has 0 aromatic carbocycles. The summed E-state index contributed by atoms with van der Waals surface area (Å²) in [5, 5.41) is 0. The first-order valence-electron chi connectivity index (χ1n) is 6.35. The van der Waals surface area contributed by atoms with Crippen LogP contribution in [0.25, 0.3) is 0 Å². The smallest absolute Gasteiger partial charge is 0.244 e. The van der Waals surface area contributed by atoms with E-state index < -0.39 is 10.0 Å². The van der Waals surface area contributed by atoms with Crippen molar-refractivity contribution >= 4 is 38.4 Å². The summed E-state index contributed by atoms with van der Waals surface area (Å²) in [6, 6.07) is 1.59. The molecule has 1 aliphatic rings. The van der Waals surface area contributed by atoms with Gasteiger partial charge >= 0.3 is 0 Å². The monoisotopic (exact) mass is 383 g/mol. The normalized spacial score (nSPS) is 20.4. The van der Waals surface area contributed by atoms with Gasteiger partial charge in [0.25, 0.3) is 0 Å². The second-order valence-electron chi connectivity index (χ2n) is 4.79. The predicted octanol–water partition coefficient (Wildman–Crippen LogP) is 2.02. The highest BCUT2D eigenvalue weighted by Gasteiger charge is 2.30. The molecular weight excluding hydrogens is 366 g/mol. The van der Waals surface area contributed by atoms with Crippen molar-refractivity contribution in [2.45, 2.75) is 24.2 Å². The van der Waals surface area contributed by atoms with Crippen molar-refractivity contribution in [1.29, 1.82) is 0 Å². The van der Waals surface area contributed by atoms with Crippen LogP contribution in [0.3, 0.4) is 0 Å². The number of piperidine rings is 1. The first-order chi connectivity index (χ1) is 9.04. The van der Waals surface area contributed by atoms with Crippen LogP contribution in [0.4, 0.5) is 0 Å². The summed E-state index contributed by atoms with van der Waals surface area (Å²) >= 11 is 3.25. The van der Waals surface area contributed by atoms with E-state index in [1.807, 2.05) is 0 Å². The Balaban J connectivity index is 0.00000200. The second kappa shape index (κ2) is 7.70. The van der Waals surface area contributed by atoms with E-state index in [-0.39, 0.29) is 17.3 Å². The van der Waals surface area contributed by atoms with E-state index in [0.29, 0.717) is 30.0 Å². The average molecular weight is 385 g/mol. The molecule has 8 heteroatoms. The first-order valence-corrected chi connectivity index (χ1v) is 8.58. The zero-order valence-corrected chi connectivity index (χ0v) is 14.3. The molecule has 114 valence electrons. The number of nitrogens with zero attached hydrogens (tertiary/aromatic N) is 2. The lowest BCUT2D eigenvalue weighted by Crippen LogP contribution is -2.40. The van der Waals surface area contributed by atoms with Gasteiger partial charge in [0.15, 0.2) is 0 Å². The molecular formula is C12H19BrClN3O2S. The molecule has 0 spiro atoms. The van der Waals surface area contributed by atoms with Crippen molar-refractivity contribution in [3.8, 4) is 0 Å². The molecule has 2 rings (SSSR count). The minimum atomic E-state index is -3.44. The van der Waals surface area contributed by atoms with Crippen molar-refractivity contribution in [2.24, 2.45) is 11.7 Å². The molecule has 2 heterocycles. The van der Waals surface area contributed by atoms with Crippen LogP contribution in [0, 0.1) is 5.92 Å². The number of pyridine rings is 1. The van der Waals surface area contributed by atoms with E-state index in [1.54, 1.807) is 16.6 Å². The van der Waals surface area contributed by atoms with Crippen LogP contribution in [0.15, 0.2) is 27.8 Å². The maximum atomic E-state index is 12.5. The number of hydrogen-bond donors (Lipinski definition) is 1. The van der Waals surface area contributed by atoms with Crippen LogP contribution < -0.4 is 5.73 Å². The van der Waals surface area contributed by atoms with E-state index in [9.17, 15) is 8.42 Å².